The van der Waals surface area contributed by atoms with Crippen LogP contribution < -0.4 is 4.74 Å². The van der Waals surface area contributed by atoms with E-state index in [1.54, 1.807) is 6.07 Å². The van der Waals surface area contributed by atoms with Gasteiger partial charge in [0.1, 0.15) is 0 Å². The first-order chi connectivity index (χ1) is 6.76. The zero-order valence-electron chi connectivity index (χ0n) is 7.51. The third-order valence-electron chi connectivity index (χ3n) is 1.99. The molecule has 0 unspecified atom stereocenters. The third-order valence-corrected chi connectivity index (χ3v) is 4.11. The monoisotopic (exact) mass is 274 g/mol. The van der Waals surface area contributed by atoms with Crippen LogP contribution in [0.2, 0.25) is 0 Å². The van der Waals surface area contributed by atoms with Crippen LogP contribution in [0, 0.1) is 5.82 Å². The Kier molecular flexibility index (Phi) is 2.74. The van der Waals surface area contributed by atoms with Crippen molar-refractivity contribution in [1.29, 1.82) is 0 Å². The zero-order chi connectivity index (χ0) is 10.1. The molecule has 1 aromatic heterocycles. The molecule has 2 aromatic rings. The van der Waals surface area contributed by atoms with Crippen molar-refractivity contribution < 1.29 is 9.13 Å². The summed E-state index contributed by atoms with van der Waals surface area (Å²) in [7, 11) is 1.48. The molecule has 0 fully saturated rings. The van der Waals surface area contributed by atoms with Crippen LogP contribution in [0.25, 0.3) is 10.1 Å². The average Bonchev–Trinajstić information content (AvgIpc) is 2.62. The average molecular weight is 275 g/mol. The van der Waals surface area contributed by atoms with E-state index in [-0.39, 0.29) is 5.82 Å². The maximum absolute atomic E-state index is 13.7. The van der Waals surface area contributed by atoms with Gasteiger partial charge in [0.05, 0.1) is 11.8 Å². The molecule has 0 N–H and O–H groups in total. The fourth-order valence-corrected chi connectivity index (χ4v) is 2.77. The molecule has 74 valence electrons. The Morgan fingerprint density at radius 3 is 2.93 bits per heavy atom. The number of rotatable bonds is 2. The van der Waals surface area contributed by atoms with Gasteiger partial charge in [0.25, 0.3) is 0 Å². The Morgan fingerprint density at radius 1 is 1.50 bits per heavy atom. The van der Waals surface area contributed by atoms with E-state index in [0.717, 1.165) is 15.6 Å². The van der Waals surface area contributed by atoms with E-state index >= 15 is 0 Å². The van der Waals surface area contributed by atoms with Crippen molar-refractivity contribution in [3.05, 3.63) is 28.9 Å². The molecule has 0 aliphatic carbocycles. The van der Waals surface area contributed by atoms with Gasteiger partial charge in [-0.05, 0) is 23.6 Å². The van der Waals surface area contributed by atoms with Gasteiger partial charge >= 0.3 is 0 Å². The summed E-state index contributed by atoms with van der Waals surface area (Å²) in [4.78, 5) is 1.12. The fraction of sp³-hybridized carbons (Fsp3) is 0.200. The van der Waals surface area contributed by atoms with E-state index in [4.69, 9.17) is 4.74 Å². The predicted molar refractivity (Wildman–Crippen MR) is 61.0 cm³/mol. The van der Waals surface area contributed by atoms with Gasteiger partial charge in [-0.25, -0.2) is 4.39 Å². The number of thiophene rings is 1. The lowest BCUT2D eigenvalue weighted by molar-refractivity contribution is 0.389. The van der Waals surface area contributed by atoms with Crippen LogP contribution in [0.3, 0.4) is 0 Å². The standard InChI is InChI=1S/C10H8BrFOS/c1-13-8-3-2-6-4-7(5-11)14-10(6)9(8)12/h2-4H,5H2,1H3. The van der Waals surface area contributed by atoms with Gasteiger partial charge in [0, 0.05) is 10.2 Å². The van der Waals surface area contributed by atoms with Gasteiger partial charge in [0.15, 0.2) is 11.6 Å². The van der Waals surface area contributed by atoms with Gasteiger partial charge in [-0.15, -0.1) is 11.3 Å². The molecule has 0 atom stereocenters. The molecule has 0 spiro atoms. The Labute approximate surface area is 93.6 Å². The van der Waals surface area contributed by atoms with Crippen LogP contribution in [0.1, 0.15) is 4.88 Å². The van der Waals surface area contributed by atoms with Gasteiger partial charge in [-0.1, -0.05) is 15.9 Å². The van der Waals surface area contributed by atoms with Crippen molar-refractivity contribution in [3.8, 4) is 5.75 Å². The first-order valence-corrected chi connectivity index (χ1v) is 6.01. The first kappa shape index (κ1) is 9.93. The minimum Gasteiger partial charge on any atom is -0.494 e. The summed E-state index contributed by atoms with van der Waals surface area (Å²) in [6.45, 7) is 0. The number of ether oxygens (including phenoxy) is 1. The highest BCUT2D eigenvalue weighted by Crippen LogP contribution is 2.33. The van der Waals surface area contributed by atoms with Gasteiger partial charge < -0.3 is 4.74 Å². The maximum Gasteiger partial charge on any atom is 0.182 e. The summed E-state index contributed by atoms with van der Waals surface area (Å²) < 4.78 is 19.3. The molecule has 0 aliphatic heterocycles. The highest BCUT2D eigenvalue weighted by molar-refractivity contribution is 9.08. The van der Waals surface area contributed by atoms with E-state index in [0.29, 0.717) is 10.4 Å². The third kappa shape index (κ3) is 1.53. The van der Waals surface area contributed by atoms with Gasteiger partial charge in [0.2, 0.25) is 0 Å². The van der Waals surface area contributed by atoms with E-state index in [1.807, 2.05) is 12.1 Å². The van der Waals surface area contributed by atoms with Crippen molar-refractivity contribution in [2.45, 2.75) is 5.33 Å². The molecular weight excluding hydrogens is 267 g/mol. The molecule has 1 heterocycles. The number of fused-ring (bicyclic) bond motifs is 1. The van der Waals surface area contributed by atoms with Gasteiger partial charge in [-0.2, -0.15) is 0 Å². The van der Waals surface area contributed by atoms with Crippen molar-refractivity contribution in [1.82, 2.24) is 0 Å². The number of methoxy groups -OCH3 is 1. The molecule has 0 aliphatic rings. The number of hydrogen-bond donors (Lipinski definition) is 0. The lowest BCUT2D eigenvalue weighted by Crippen LogP contribution is -1.86. The molecule has 1 aromatic carbocycles. The summed E-state index contributed by atoms with van der Waals surface area (Å²) in [6, 6.07) is 5.51. The number of halogens is 2. The lowest BCUT2D eigenvalue weighted by Gasteiger charge is -2.00. The molecule has 0 amide bonds. The molecule has 2 rings (SSSR count). The van der Waals surface area contributed by atoms with Crippen LogP contribution in [-0.4, -0.2) is 7.11 Å². The quantitative estimate of drug-likeness (QED) is 0.754. The zero-order valence-corrected chi connectivity index (χ0v) is 9.91. The second kappa shape index (κ2) is 3.87. The first-order valence-electron chi connectivity index (χ1n) is 4.07. The smallest absolute Gasteiger partial charge is 0.182 e. The van der Waals surface area contributed by atoms with Crippen molar-refractivity contribution in [2.24, 2.45) is 0 Å². The van der Waals surface area contributed by atoms with Crippen LogP contribution >= 0.6 is 27.3 Å². The highest BCUT2D eigenvalue weighted by Gasteiger charge is 2.10. The summed E-state index contributed by atoms with van der Waals surface area (Å²) >= 11 is 4.80. The molecule has 0 saturated carbocycles. The molecular formula is C10H8BrFOS. The SMILES string of the molecule is COc1ccc2cc(CBr)sc2c1F. The second-order valence-corrected chi connectivity index (χ2v) is 4.54. The largest absolute Gasteiger partial charge is 0.494 e. The molecule has 0 saturated heterocycles. The van der Waals surface area contributed by atoms with Crippen LogP contribution in [0.15, 0.2) is 18.2 Å². The minimum atomic E-state index is -0.262. The summed E-state index contributed by atoms with van der Waals surface area (Å²) in [5.74, 6) is 0.0441. The Morgan fingerprint density at radius 2 is 2.29 bits per heavy atom. The molecule has 4 heteroatoms. The van der Waals surface area contributed by atoms with E-state index < -0.39 is 0 Å². The molecule has 0 bridgehead atoms. The minimum absolute atomic E-state index is 0.262. The lowest BCUT2D eigenvalue weighted by atomic mass is 10.2. The summed E-state index contributed by atoms with van der Waals surface area (Å²) in [5, 5.41) is 1.69. The number of alkyl halides is 1. The molecule has 1 nitrogen and oxygen atoms in total. The fourth-order valence-electron chi connectivity index (χ4n) is 1.33. The second-order valence-electron chi connectivity index (χ2n) is 2.85. The van der Waals surface area contributed by atoms with E-state index in [2.05, 4.69) is 15.9 Å². The van der Waals surface area contributed by atoms with Crippen molar-refractivity contribution in [3.63, 3.8) is 0 Å². The maximum atomic E-state index is 13.7. The van der Waals surface area contributed by atoms with Crippen molar-refractivity contribution >= 4 is 37.4 Å². The Hall–Kier alpha value is -0.610. The van der Waals surface area contributed by atoms with E-state index in [9.17, 15) is 4.39 Å². The highest BCUT2D eigenvalue weighted by atomic mass is 79.9. The summed E-state index contributed by atoms with van der Waals surface area (Å²) in [6.07, 6.45) is 0. The topological polar surface area (TPSA) is 9.23 Å². The predicted octanol–water partition coefficient (Wildman–Crippen LogP) is 3.94. The van der Waals surface area contributed by atoms with Crippen LogP contribution in [-0.2, 0) is 5.33 Å². The van der Waals surface area contributed by atoms with E-state index in [1.165, 1.54) is 18.4 Å². The Bertz CT molecular complexity index is 466. The number of hydrogen-bond acceptors (Lipinski definition) is 2. The molecule has 0 radical (unpaired) electrons. The molecule has 14 heavy (non-hydrogen) atoms. The van der Waals surface area contributed by atoms with Crippen LogP contribution in [0.5, 0.6) is 5.75 Å². The number of benzene rings is 1. The van der Waals surface area contributed by atoms with Gasteiger partial charge in [-0.3, -0.25) is 0 Å². The van der Waals surface area contributed by atoms with Crippen molar-refractivity contribution in [2.75, 3.05) is 7.11 Å². The van der Waals surface area contributed by atoms with Crippen LogP contribution in [0.4, 0.5) is 4.39 Å². The normalized spacial score (nSPS) is 10.8. The summed E-state index contributed by atoms with van der Waals surface area (Å²) in [5.41, 5.74) is 0. The Balaban J connectivity index is 2.68.